The molecular weight excluding hydrogens is 250 g/mol. The number of carbonyl (C=O) groups is 1. The topological polar surface area (TPSA) is 49.3 Å². The van der Waals surface area contributed by atoms with Crippen molar-refractivity contribution in [3.05, 3.63) is 35.9 Å². The number of rotatable bonds is 4. The van der Waals surface area contributed by atoms with Crippen LogP contribution in [0.2, 0.25) is 0 Å². The Hall–Kier alpha value is -1.06. The summed E-state index contributed by atoms with van der Waals surface area (Å²) in [6.45, 7) is 0.603. The predicted molar refractivity (Wildman–Crippen MR) is 71.4 cm³/mol. The van der Waals surface area contributed by atoms with Crippen LogP contribution in [-0.2, 0) is 4.79 Å². The minimum Gasteiger partial charge on any atom is -0.393 e. The number of halogens is 1. The summed E-state index contributed by atoms with van der Waals surface area (Å²) in [7, 11) is 0. The molecule has 98 valence electrons. The van der Waals surface area contributed by atoms with Gasteiger partial charge >= 0.3 is 0 Å². The number of alkyl halides is 1. The van der Waals surface area contributed by atoms with E-state index in [0.29, 0.717) is 12.5 Å². The first-order valence-corrected chi connectivity index (χ1v) is 6.75. The van der Waals surface area contributed by atoms with Gasteiger partial charge in [-0.3, -0.25) is 4.79 Å². The zero-order valence-corrected chi connectivity index (χ0v) is 10.9. The minimum atomic E-state index is -0.641. The van der Waals surface area contributed by atoms with E-state index in [4.69, 9.17) is 11.6 Å². The maximum Gasteiger partial charge on any atom is 0.242 e. The molecule has 0 bridgehead atoms. The lowest BCUT2D eigenvalue weighted by Crippen LogP contribution is -2.31. The van der Waals surface area contributed by atoms with Gasteiger partial charge in [0.05, 0.1) is 6.10 Å². The molecule has 2 rings (SSSR count). The molecule has 18 heavy (non-hydrogen) atoms. The molecule has 1 aliphatic rings. The van der Waals surface area contributed by atoms with Gasteiger partial charge in [-0.1, -0.05) is 30.3 Å². The minimum absolute atomic E-state index is 0.163. The molecule has 4 heteroatoms. The summed E-state index contributed by atoms with van der Waals surface area (Å²) in [5.41, 5.74) is 0.808. The van der Waals surface area contributed by atoms with Gasteiger partial charge in [0, 0.05) is 6.54 Å². The summed E-state index contributed by atoms with van der Waals surface area (Å²) in [5.74, 6) is 0.216. The molecule has 2 N–H and O–H groups in total. The van der Waals surface area contributed by atoms with Crippen LogP contribution in [0.1, 0.15) is 30.2 Å². The van der Waals surface area contributed by atoms with Crippen LogP contribution >= 0.6 is 11.6 Å². The van der Waals surface area contributed by atoms with Crippen molar-refractivity contribution in [2.24, 2.45) is 5.92 Å². The number of aliphatic hydroxyl groups excluding tert-OH is 1. The largest absolute Gasteiger partial charge is 0.393 e. The van der Waals surface area contributed by atoms with Crippen molar-refractivity contribution in [1.29, 1.82) is 0 Å². The average Bonchev–Trinajstić information content (AvgIpc) is 2.82. The molecule has 0 radical (unpaired) electrons. The Balaban J connectivity index is 1.81. The lowest BCUT2D eigenvalue weighted by Gasteiger charge is -2.14. The van der Waals surface area contributed by atoms with Crippen LogP contribution in [0.4, 0.5) is 0 Å². The molecule has 0 saturated heterocycles. The molecule has 1 aliphatic carbocycles. The Bertz CT molecular complexity index is 396. The second-order valence-electron chi connectivity index (χ2n) is 4.85. The molecule has 0 aromatic heterocycles. The number of hydrogen-bond donors (Lipinski definition) is 2. The van der Waals surface area contributed by atoms with E-state index >= 15 is 0 Å². The van der Waals surface area contributed by atoms with Crippen LogP contribution in [0.3, 0.4) is 0 Å². The summed E-state index contributed by atoms with van der Waals surface area (Å²) in [6.07, 6.45) is 2.38. The van der Waals surface area contributed by atoms with E-state index in [1.165, 1.54) is 0 Å². The molecule has 1 amide bonds. The Morgan fingerprint density at radius 1 is 1.39 bits per heavy atom. The molecule has 3 atom stereocenters. The van der Waals surface area contributed by atoms with Crippen molar-refractivity contribution in [2.75, 3.05) is 6.54 Å². The number of hydrogen-bond acceptors (Lipinski definition) is 2. The third kappa shape index (κ3) is 3.47. The lowest BCUT2D eigenvalue weighted by molar-refractivity contribution is -0.121. The lowest BCUT2D eigenvalue weighted by atomic mass is 10.1. The summed E-state index contributed by atoms with van der Waals surface area (Å²) in [6, 6.07) is 9.31. The summed E-state index contributed by atoms with van der Waals surface area (Å²) < 4.78 is 0. The maximum absolute atomic E-state index is 11.9. The first-order chi connectivity index (χ1) is 8.66. The molecule has 1 aromatic rings. The highest BCUT2D eigenvalue weighted by atomic mass is 35.5. The Labute approximate surface area is 112 Å². The van der Waals surface area contributed by atoms with E-state index in [0.717, 1.165) is 24.8 Å². The average molecular weight is 268 g/mol. The number of benzene rings is 1. The molecular formula is C14H18ClNO2. The zero-order chi connectivity index (χ0) is 13.0. The third-order valence-electron chi connectivity index (χ3n) is 3.40. The van der Waals surface area contributed by atoms with E-state index in [1.54, 1.807) is 0 Å². The number of nitrogens with one attached hydrogen (secondary N) is 1. The van der Waals surface area contributed by atoms with Crippen molar-refractivity contribution >= 4 is 17.5 Å². The molecule has 1 saturated carbocycles. The monoisotopic (exact) mass is 267 g/mol. The molecule has 3 nitrogen and oxygen atoms in total. The van der Waals surface area contributed by atoms with E-state index in [-0.39, 0.29) is 12.0 Å². The Kier molecular flexibility index (Phi) is 4.61. The van der Waals surface area contributed by atoms with Gasteiger partial charge in [0.2, 0.25) is 5.91 Å². The van der Waals surface area contributed by atoms with E-state index < -0.39 is 5.38 Å². The second-order valence-corrected chi connectivity index (χ2v) is 5.29. The van der Waals surface area contributed by atoms with Gasteiger partial charge in [-0.2, -0.15) is 0 Å². The van der Waals surface area contributed by atoms with Crippen molar-refractivity contribution in [2.45, 2.75) is 30.7 Å². The highest BCUT2D eigenvalue weighted by molar-refractivity contribution is 6.30. The van der Waals surface area contributed by atoms with Crippen molar-refractivity contribution < 1.29 is 9.90 Å². The fraction of sp³-hybridized carbons (Fsp3) is 0.500. The van der Waals surface area contributed by atoms with Crippen LogP contribution in [-0.4, -0.2) is 23.7 Å². The van der Waals surface area contributed by atoms with Crippen LogP contribution in [0.5, 0.6) is 0 Å². The summed E-state index contributed by atoms with van der Waals surface area (Å²) in [4.78, 5) is 11.9. The fourth-order valence-corrected chi connectivity index (χ4v) is 2.56. The normalized spacial score (nSPS) is 24.8. The Morgan fingerprint density at radius 3 is 2.72 bits per heavy atom. The van der Waals surface area contributed by atoms with Crippen LogP contribution in [0.25, 0.3) is 0 Å². The highest BCUT2D eigenvalue weighted by Crippen LogP contribution is 2.25. The van der Waals surface area contributed by atoms with E-state index in [9.17, 15) is 9.90 Å². The maximum atomic E-state index is 11.9. The second kappa shape index (κ2) is 6.21. The highest BCUT2D eigenvalue weighted by Gasteiger charge is 2.24. The van der Waals surface area contributed by atoms with Gasteiger partial charge in [0.25, 0.3) is 0 Å². The first-order valence-electron chi connectivity index (χ1n) is 6.31. The third-order valence-corrected chi connectivity index (χ3v) is 3.85. The quantitative estimate of drug-likeness (QED) is 0.822. The van der Waals surface area contributed by atoms with Crippen LogP contribution in [0, 0.1) is 5.92 Å². The van der Waals surface area contributed by atoms with Crippen LogP contribution < -0.4 is 5.32 Å². The standard InChI is InChI=1S/C14H18ClNO2/c15-13(11-4-2-1-3-5-11)14(18)16-9-10-6-7-12(17)8-10/h1-5,10,12-13,17H,6-9H2,(H,16,18). The molecule has 1 aromatic carbocycles. The van der Waals surface area contributed by atoms with E-state index in [1.807, 2.05) is 30.3 Å². The van der Waals surface area contributed by atoms with Crippen molar-refractivity contribution in [3.63, 3.8) is 0 Å². The molecule has 3 unspecified atom stereocenters. The predicted octanol–water partition coefficient (Wildman–Crippen LogP) is 2.24. The smallest absolute Gasteiger partial charge is 0.242 e. The van der Waals surface area contributed by atoms with Gasteiger partial charge in [-0.15, -0.1) is 11.6 Å². The van der Waals surface area contributed by atoms with E-state index in [2.05, 4.69) is 5.32 Å². The number of aliphatic hydroxyl groups is 1. The SMILES string of the molecule is O=C(NCC1CCC(O)C1)C(Cl)c1ccccc1. The number of carbonyl (C=O) groups excluding carboxylic acids is 1. The molecule has 0 spiro atoms. The van der Waals surface area contributed by atoms with Gasteiger partial charge in [0.15, 0.2) is 0 Å². The van der Waals surface area contributed by atoms with Gasteiger partial charge < -0.3 is 10.4 Å². The molecule has 0 aliphatic heterocycles. The summed E-state index contributed by atoms with van der Waals surface area (Å²) in [5, 5.41) is 11.6. The van der Waals surface area contributed by atoms with Crippen LogP contribution in [0.15, 0.2) is 30.3 Å². The van der Waals surface area contributed by atoms with Gasteiger partial charge in [-0.25, -0.2) is 0 Å². The van der Waals surface area contributed by atoms with Gasteiger partial charge in [-0.05, 0) is 30.7 Å². The summed E-state index contributed by atoms with van der Waals surface area (Å²) >= 11 is 6.11. The zero-order valence-electron chi connectivity index (χ0n) is 10.2. The van der Waals surface area contributed by atoms with Gasteiger partial charge in [0.1, 0.15) is 5.38 Å². The van der Waals surface area contributed by atoms with Crippen molar-refractivity contribution in [1.82, 2.24) is 5.32 Å². The van der Waals surface area contributed by atoms with Crippen molar-refractivity contribution in [3.8, 4) is 0 Å². The molecule has 0 heterocycles. The fourth-order valence-electron chi connectivity index (χ4n) is 2.34. The Morgan fingerprint density at radius 2 is 2.11 bits per heavy atom. The molecule has 1 fully saturated rings. The number of amides is 1. The first kappa shape index (κ1) is 13.4.